The lowest BCUT2D eigenvalue weighted by Crippen LogP contribution is -2.48. The minimum absolute atomic E-state index is 0.196. The SMILES string of the molecule is CCN1CCC(n2cc(-c3c[nH]c4ncc(-c5cnc(N6CCOC(C)(C)C6)c(C)c5)nc34)cn2)C(F)C1. The third-order valence-corrected chi connectivity index (χ3v) is 7.74. The van der Waals surface area contributed by atoms with Gasteiger partial charge in [-0.3, -0.25) is 4.68 Å². The Bertz CT molecular complexity index is 1450. The molecule has 0 aliphatic carbocycles. The van der Waals surface area contributed by atoms with Crippen molar-refractivity contribution in [3.8, 4) is 22.4 Å². The first kappa shape index (κ1) is 24.9. The average molecular weight is 519 g/mol. The minimum atomic E-state index is -0.937. The van der Waals surface area contributed by atoms with Crippen LogP contribution < -0.4 is 4.90 Å². The van der Waals surface area contributed by atoms with Crippen molar-refractivity contribution in [2.75, 3.05) is 44.2 Å². The number of nitrogens with zero attached hydrogens (tertiary/aromatic N) is 7. The number of pyridine rings is 1. The Labute approximate surface area is 222 Å². The van der Waals surface area contributed by atoms with Gasteiger partial charge in [-0.1, -0.05) is 6.92 Å². The number of piperidine rings is 1. The Morgan fingerprint density at radius 1 is 1.16 bits per heavy atom. The van der Waals surface area contributed by atoms with Gasteiger partial charge in [-0.05, 0) is 45.4 Å². The van der Waals surface area contributed by atoms with Gasteiger partial charge in [0.15, 0.2) is 5.65 Å². The molecule has 2 aliphatic rings. The molecule has 2 saturated heterocycles. The van der Waals surface area contributed by atoms with E-state index in [9.17, 15) is 4.39 Å². The van der Waals surface area contributed by atoms with Gasteiger partial charge in [-0.15, -0.1) is 0 Å². The summed E-state index contributed by atoms with van der Waals surface area (Å²) in [5.41, 5.74) is 5.82. The Morgan fingerprint density at radius 3 is 2.79 bits per heavy atom. The van der Waals surface area contributed by atoms with Crippen LogP contribution in [0.5, 0.6) is 0 Å². The van der Waals surface area contributed by atoms with Crippen molar-refractivity contribution in [3.63, 3.8) is 0 Å². The first-order chi connectivity index (χ1) is 18.3. The zero-order valence-corrected chi connectivity index (χ0v) is 22.5. The molecule has 9 nitrogen and oxygen atoms in total. The number of morpholine rings is 1. The smallest absolute Gasteiger partial charge is 0.156 e. The summed E-state index contributed by atoms with van der Waals surface area (Å²) in [5, 5.41) is 4.53. The van der Waals surface area contributed by atoms with E-state index in [1.165, 1.54) is 0 Å². The molecule has 200 valence electrons. The van der Waals surface area contributed by atoms with E-state index in [2.05, 4.69) is 58.6 Å². The molecule has 0 amide bonds. The highest BCUT2D eigenvalue weighted by Crippen LogP contribution is 2.32. The van der Waals surface area contributed by atoms with Crippen LogP contribution in [0.2, 0.25) is 0 Å². The van der Waals surface area contributed by atoms with Crippen LogP contribution >= 0.6 is 0 Å². The molecule has 38 heavy (non-hydrogen) atoms. The van der Waals surface area contributed by atoms with Crippen molar-refractivity contribution >= 4 is 17.0 Å². The van der Waals surface area contributed by atoms with Gasteiger partial charge >= 0.3 is 0 Å². The summed E-state index contributed by atoms with van der Waals surface area (Å²) in [6, 6.07) is 1.87. The number of hydrogen-bond donors (Lipinski definition) is 1. The van der Waals surface area contributed by atoms with Gasteiger partial charge in [0.05, 0.1) is 36.3 Å². The van der Waals surface area contributed by atoms with E-state index in [4.69, 9.17) is 14.7 Å². The summed E-state index contributed by atoms with van der Waals surface area (Å²) < 4.78 is 22.5. The third-order valence-electron chi connectivity index (χ3n) is 7.74. The summed E-state index contributed by atoms with van der Waals surface area (Å²) in [7, 11) is 0. The molecule has 10 heteroatoms. The van der Waals surface area contributed by atoms with Crippen molar-refractivity contribution in [1.29, 1.82) is 0 Å². The minimum Gasteiger partial charge on any atom is -0.372 e. The molecule has 0 bridgehead atoms. The van der Waals surface area contributed by atoms with Crippen LogP contribution in [0, 0.1) is 6.92 Å². The van der Waals surface area contributed by atoms with E-state index in [0.29, 0.717) is 18.8 Å². The normalized spacial score (nSPS) is 22.3. The Balaban J connectivity index is 1.27. The zero-order chi connectivity index (χ0) is 26.4. The fraction of sp³-hybridized carbons (Fsp3) is 0.500. The monoisotopic (exact) mass is 518 g/mol. The van der Waals surface area contributed by atoms with Gasteiger partial charge in [-0.2, -0.15) is 5.10 Å². The van der Waals surface area contributed by atoms with E-state index in [1.54, 1.807) is 17.1 Å². The van der Waals surface area contributed by atoms with E-state index in [-0.39, 0.29) is 11.6 Å². The molecule has 0 saturated carbocycles. The first-order valence-corrected chi connectivity index (χ1v) is 13.4. The topological polar surface area (TPSA) is 88.0 Å². The van der Waals surface area contributed by atoms with Crippen LogP contribution in [0.3, 0.4) is 0 Å². The van der Waals surface area contributed by atoms with Crippen LogP contribution in [0.15, 0.2) is 37.1 Å². The lowest BCUT2D eigenvalue weighted by atomic mass is 10.0. The molecule has 0 aromatic carbocycles. The van der Waals surface area contributed by atoms with Crippen molar-refractivity contribution in [2.45, 2.75) is 51.9 Å². The predicted octanol–water partition coefficient (Wildman–Crippen LogP) is 4.41. The van der Waals surface area contributed by atoms with Crippen LogP contribution in [0.25, 0.3) is 33.5 Å². The van der Waals surface area contributed by atoms with Crippen LogP contribution in [0.4, 0.5) is 10.2 Å². The third kappa shape index (κ3) is 4.67. The summed E-state index contributed by atoms with van der Waals surface area (Å²) in [4.78, 5) is 22.0. The number of alkyl halides is 1. The maximum Gasteiger partial charge on any atom is 0.156 e. The largest absolute Gasteiger partial charge is 0.372 e. The molecule has 0 radical (unpaired) electrons. The van der Waals surface area contributed by atoms with Crippen molar-refractivity contribution in [3.05, 3.63) is 42.6 Å². The number of nitrogens with one attached hydrogen (secondary N) is 1. The molecule has 1 N–H and O–H groups in total. The summed E-state index contributed by atoms with van der Waals surface area (Å²) in [6.07, 6.45) is 9.07. The second-order valence-electron chi connectivity index (χ2n) is 11.0. The molecule has 2 atom stereocenters. The molecule has 2 aliphatic heterocycles. The maximum atomic E-state index is 14.9. The lowest BCUT2D eigenvalue weighted by Gasteiger charge is -2.39. The number of ether oxygens (including phenoxy) is 1. The number of rotatable bonds is 5. The summed E-state index contributed by atoms with van der Waals surface area (Å²) in [6.45, 7) is 12.9. The van der Waals surface area contributed by atoms with Gasteiger partial charge in [-0.25, -0.2) is 19.3 Å². The van der Waals surface area contributed by atoms with E-state index in [1.807, 2.05) is 18.6 Å². The fourth-order valence-electron chi connectivity index (χ4n) is 5.69. The molecule has 6 heterocycles. The number of aryl methyl sites for hydroxylation is 1. The van der Waals surface area contributed by atoms with Gasteiger partial charge < -0.3 is 19.5 Å². The number of likely N-dealkylation sites (tertiary alicyclic amines) is 1. The number of anilines is 1. The van der Waals surface area contributed by atoms with Crippen LogP contribution in [0.1, 0.15) is 38.8 Å². The summed E-state index contributed by atoms with van der Waals surface area (Å²) >= 11 is 0. The van der Waals surface area contributed by atoms with Crippen molar-refractivity contribution < 1.29 is 9.13 Å². The molecule has 4 aromatic heterocycles. The molecule has 2 unspecified atom stereocenters. The Morgan fingerprint density at radius 2 is 2.03 bits per heavy atom. The van der Waals surface area contributed by atoms with Gasteiger partial charge in [0.2, 0.25) is 0 Å². The second kappa shape index (κ2) is 9.74. The zero-order valence-electron chi connectivity index (χ0n) is 22.5. The predicted molar refractivity (Wildman–Crippen MR) is 146 cm³/mol. The molecule has 4 aromatic rings. The second-order valence-corrected chi connectivity index (χ2v) is 11.0. The number of fused-ring (bicyclic) bond motifs is 1. The number of aromatic nitrogens is 6. The average Bonchev–Trinajstić information content (AvgIpc) is 3.54. The Hall–Kier alpha value is -3.37. The van der Waals surface area contributed by atoms with Crippen molar-refractivity contribution in [1.82, 2.24) is 34.6 Å². The highest BCUT2D eigenvalue weighted by Gasteiger charge is 2.31. The van der Waals surface area contributed by atoms with E-state index < -0.39 is 6.17 Å². The number of H-pyrrole nitrogens is 1. The molecule has 2 fully saturated rings. The van der Waals surface area contributed by atoms with Gasteiger partial charge in [0.1, 0.15) is 17.5 Å². The molecular formula is C28H35FN8O. The van der Waals surface area contributed by atoms with E-state index >= 15 is 0 Å². The first-order valence-electron chi connectivity index (χ1n) is 13.4. The maximum absolute atomic E-state index is 14.9. The number of aromatic amines is 1. The molecule has 6 rings (SSSR count). The van der Waals surface area contributed by atoms with Gasteiger partial charge in [0, 0.05) is 61.5 Å². The standard InChI is InChI=1S/C28H35FN8O/c1-5-35-7-6-24(22(29)16-35)37-15-20(12-33-37)21-13-30-26-25(21)34-23(14-31-26)19-10-18(2)27(32-11-19)36-8-9-38-28(3,4)17-36/h10-15,22,24H,5-9,16-17H2,1-4H3,(H,30,31). The quantitative estimate of drug-likeness (QED) is 0.419. The lowest BCUT2D eigenvalue weighted by molar-refractivity contribution is -0.0279. The summed E-state index contributed by atoms with van der Waals surface area (Å²) in [5.74, 6) is 0.977. The molecule has 0 spiro atoms. The molecular weight excluding hydrogens is 483 g/mol. The van der Waals surface area contributed by atoms with Gasteiger partial charge in [0.25, 0.3) is 0 Å². The number of hydrogen-bond acceptors (Lipinski definition) is 7. The van der Waals surface area contributed by atoms with Crippen LogP contribution in [-0.2, 0) is 4.74 Å². The van der Waals surface area contributed by atoms with Crippen LogP contribution in [-0.4, -0.2) is 85.7 Å². The highest BCUT2D eigenvalue weighted by atomic mass is 19.1. The fourth-order valence-corrected chi connectivity index (χ4v) is 5.69. The van der Waals surface area contributed by atoms with E-state index in [0.717, 1.165) is 71.9 Å². The number of halogens is 1. The highest BCUT2D eigenvalue weighted by molar-refractivity contribution is 5.91. The Kier molecular flexibility index (Phi) is 6.39. The van der Waals surface area contributed by atoms with Crippen molar-refractivity contribution in [2.24, 2.45) is 0 Å².